The molecular formula is C28H24ClN3O2S2. The summed E-state index contributed by atoms with van der Waals surface area (Å²) in [5.74, 6) is -0.328. The minimum absolute atomic E-state index is 0.111. The van der Waals surface area contributed by atoms with Gasteiger partial charge in [-0.2, -0.15) is 0 Å². The molecule has 4 rings (SSSR count). The van der Waals surface area contributed by atoms with E-state index in [1.807, 2.05) is 91.2 Å². The number of thiazole rings is 1. The molecule has 4 aromatic rings. The van der Waals surface area contributed by atoms with Crippen molar-refractivity contribution in [2.75, 3.05) is 10.6 Å². The van der Waals surface area contributed by atoms with E-state index in [9.17, 15) is 9.59 Å². The van der Waals surface area contributed by atoms with Crippen LogP contribution in [0.4, 0.5) is 10.8 Å². The molecule has 1 atom stereocenters. The highest BCUT2D eigenvalue weighted by atomic mass is 35.5. The van der Waals surface area contributed by atoms with Gasteiger partial charge in [0.25, 0.3) is 0 Å². The molecule has 182 valence electrons. The fraction of sp³-hybridized carbons (Fsp3) is 0.107. The molecule has 3 aromatic carbocycles. The minimum atomic E-state index is -0.309. The van der Waals surface area contributed by atoms with Crippen molar-refractivity contribution in [2.24, 2.45) is 0 Å². The monoisotopic (exact) mass is 533 g/mol. The smallest absolute Gasteiger partial charge is 0.248 e. The highest BCUT2D eigenvalue weighted by molar-refractivity contribution is 8.00. The Kier molecular flexibility index (Phi) is 8.95. The van der Waals surface area contributed by atoms with E-state index >= 15 is 0 Å². The van der Waals surface area contributed by atoms with Gasteiger partial charge in [0.15, 0.2) is 5.13 Å². The lowest BCUT2D eigenvalue weighted by atomic mass is 10.2. The molecule has 1 aromatic heterocycles. The zero-order valence-electron chi connectivity index (χ0n) is 19.5. The van der Waals surface area contributed by atoms with Gasteiger partial charge in [0.05, 0.1) is 10.9 Å². The molecular weight excluding hydrogens is 510 g/mol. The average Bonchev–Trinajstić information content (AvgIpc) is 3.35. The molecule has 0 fully saturated rings. The van der Waals surface area contributed by atoms with Crippen molar-refractivity contribution in [1.29, 1.82) is 0 Å². The van der Waals surface area contributed by atoms with E-state index in [0.717, 1.165) is 21.7 Å². The molecule has 36 heavy (non-hydrogen) atoms. The van der Waals surface area contributed by atoms with Gasteiger partial charge in [-0.25, -0.2) is 4.98 Å². The van der Waals surface area contributed by atoms with Crippen molar-refractivity contribution in [3.63, 3.8) is 0 Å². The Morgan fingerprint density at radius 1 is 1.03 bits per heavy atom. The summed E-state index contributed by atoms with van der Waals surface area (Å²) in [7, 11) is 0. The fourth-order valence-corrected chi connectivity index (χ4v) is 5.19. The Hall–Kier alpha value is -3.39. The normalized spacial score (nSPS) is 11.8. The van der Waals surface area contributed by atoms with Crippen LogP contribution in [0.1, 0.15) is 18.9 Å². The van der Waals surface area contributed by atoms with Crippen molar-refractivity contribution < 1.29 is 9.59 Å². The van der Waals surface area contributed by atoms with Gasteiger partial charge in [-0.1, -0.05) is 67.1 Å². The van der Waals surface area contributed by atoms with E-state index in [1.54, 1.807) is 6.08 Å². The number of aromatic nitrogens is 1. The van der Waals surface area contributed by atoms with Gasteiger partial charge in [0, 0.05) is 32.6 Å². The lowest BCUT2D eigenvalue weighted by Gasteiger charge is -2.14. The highest BCUT2D eigenvalue weighted by Crippen LogP contribution is 2.30. The molecule has 0 bridgehead atoms. The molecule has 0 spiro atoms. The Morgan fingerprint density at radius 3 is 2.56 bits per heavy atom. The number of halogens is 1. The van der Waals surface area contributed by atoms with E-state index in [4.69, 9.17) is 11.6 Å². The molecule has 8 heteroatoms. The molecule has 0 aliphatic rings. The number of amides is 2. The minimum Gasteiger partial charge on any atom is -0.322 e. The molecule has 0 aliphatic heterocycles. The number of hydrogen-bond donors (Lipinski definition) is 2. The van der Waals surface area contributed by atoms with Gasteiger partial charge in [-0.3, -0.25) is 9.59 Å². The number of rotatable bonds is 9. The second kappa shape index (κ2) is 12.5. The molecule has 1 unspecified atom stereocenters. The third-order valence-corrected chi connectivity index (χ3v) is 7.51. The van der Waals surface area contributed by atoms with E-state index in [-0.39, 0.29) is 17.1 Å². The standard InChI is InChI=1S/C28H24ClN3O2S2/c1-2-25(27(34)32-28-31-24(18-35-28)20-12-14-21(29)15-13-20)36-23-10-6-9-22(17-23)30-26(33)16-11-19-7-4-3-5-8-19/h3-18,25H,2H2,1H3,(H,30,33)(H,31,32,34)/b16-11+. The summed E-state index contributed by atoms with van der Waals surface area (Å²) in [5.41, 5.74) is 3.35. The predicted octanol–water partition coefficient (Wildman–Crippen LogP) is 7.62. The Balaban J connectivity index is 1.35. The summed E-state index contributed by atoms with van der Waals surface area (Å²) in [6.45, 7) is 1.97. The number of benzene rings is 3. The number of nitrogens with zero attached hydrogens (tertiary/aromatic N) is 1. The van der Waals surface area contributed by atoms with Crippen molar-refractivity contribution in [2.45, 2.75) is 23.5 Å². The van der Waals surface area contributed by atoms with Crippen LogP contribution in [0.5, 0.6) is 0 Å². The van der Waals surface area contributed by atoms with Crippen LogP contribution in [-0.2, 0) is 9.59 Å². The number of carbonyl (C=O) groups excluding carboxylic acids is 2. The maximum absolute atomic E-state index is 13.0. The molecule has 2 N–H and O–H groups in total. The SMILES string of the molecule is CCC(Sc1cccc(NC(=O)/C=C/c2ccccc2)c1)C(=O)Nc1nc(-c2ccc(Cl)cc2)cs1. The molecule has 1 heterocycles. The number of anilines is 2. The van der Waals surface area contributed by atoms with Crippen LogP contribution in [0.3, 0.4) is 0 Å². The van der Waals surface area contributed by atoms with Crippen LogP contribution >= 0.6 is 34.7 Å². The molecule has 0 aliphatic carbocycles. The Bertz CT molecular complexity index is 1350. The van der Waals surface area contributed by atoms with Crippen LogP contribution in [0.15, 0.2) is 95.2 Å². The summed E-state index contributed by atoms with van der Waals surface area (Å²) in [6, 6.07) is 24.6. The first kappa shape index (κ1) is 25.7. The van der Waals surface area contributed by atoms with Crippen LogP contribution < -0.4 is 10.6 Å². The van der Waals surface area contributed by atoms with Gasteiger partial charge in [-0.05, 0) is 48.4 Å². The van der Waals surface area contributed by atoms with Gasteiger partial charge in [-0.15, -0.1) is 23.1 Å². The third kappa shape index (κ3) is 7.31. The molecule has 0 radical (unpaired) electrons. The predicted molar refractivity (Wildman–Crippen MR) is 152 cm³/mol. The second-order valence-corrected chi connectivity index (χ2v) is 10.4. The van der Waals surface area contributed by atoms with Crippen molar-refractivity contribution in [1.82, 2.24) is 4.98 Å². The number of hydrogen-bond acceptors (Lipinski definition) is 5. The molecule has 0 saturated carbocycles. The second-order valence-electron chi connectivity index (χ2n) is 7.81. The average molecular weight is 534 g/mol. The maximum Gasteiger partial charge on any atom is 0.248 e. The van der Waals surface area contributed by atoms with Crippen molar-refractivity contribution in [3.05, 3.63) is 101 Å². The molecule has 0 saturated heterocycles. The molecule has 2 amide bonds. The maximum atomic E-state index is 13.0. The lowest BCUT2D eigenvalue weighted by Crippen LogP contribution is -2.24. The third-order valence-electron chi connectivity index (χ3n) is 5.14. The first-order chi connectivity index (χ1) is 17.5. The summed E-state index contributed by atoms with van der Waals surface area (Å²) in [6.07, 6.45) is 3.91. The zero-order chi connectivity index (χ0) is 25.3. The van der Waals surface area contributed by atoms with Crippen LogP contribution in [-0.4, -0.2) is 22.0 Å². The van der Waals surface area contributed by atoms with Crippen molar-refractivity contribution in [3.8, 4) is 11.3 Å². The van der Waals surface area contributed by atoms with Crippen LogP contribution in [0.25, 0.3) is 17.3 Å². The number of carbonyl (C=O) groups is 2. The summed E-state index contributed by atoms with van der Waals surface area (Å²) in [4.78, 5) is 30.7. The topological polar surface area (TPSA) is 71.1 Å². The van der Waals surface area contributed by atoms with E-state index in [0.29, 0.717) is 22.3 Å². The largest absolute Gasteiger partial charge is 0.322 e. The molecule has 5 nitrogen and oxygen atoms in total. The first-order valence-electron chi connectivity index (χ1n) is 11.3. The van der Waals surface area contributed by atoms with Gasteiger partial charge >= 0.3 is 0 Å². The van der Waals surface area contributed by atoms with Crippen LogP contribution in [0.2, 0.25) is 5.02 Å². The van der Waals surface area contributed by atoms with Gasteiger partial charge in [0.1, 0.15) is 0 Å². The van der Waals surface area contributed by atoms with Gasteiger partial charge in [0.2, 0.25) is 11.8 Å². The van der Waals surface area contributed by atoms with Crippen LogP contribution in [0, 0.1) is 0 Å². The van der Waals surface area contributed by atoms with E-state index in [2.05, 4.69) is 15.6 Å². The van der Waals surface area contributed by atoms with E-state index in [1.165, 1.54) is 29.2 Å². The first-order valence-corrected chi connectivity index (χ1v) is 13.5. The Morgan fingerprint density at radius 2 is 1.81 bits per heavy atom. The number of nitrogens with one attached hydrogen (secondary N) is 2. The summed E-state index contributed by atoms with van der Waals surface area (Å²) in [5, 5.41) is 8.63. The summed E-state index contributed by atoms with van der Waals surface area (Å²) >= 11 is 8.80. The number of thioether (sulfide) groups is 1. The van der Waals surface area contributed by atoms with Crippen molar-refractivity contribution >= 4 is 63.4 Å². The van der Waals surface area contributed by atoms with E-state index < -0.39 is 0 Å². The lowest BCUT2D eigenvalue weighted by molar-refractivity contribution is -0.115. The fourth-order valence-electron chi connectivity index (χ4n) is 3.32. The highest BCUT2D eigenvalue weighted by Gasteiger charge is 2.20. The zero-order valence-corrected chi connectivity index (χ0v) is 21.9. The van der Waals surface area contributed by atoms with Gasteiger partial charge < -0.3 is 10.6 Å². The summed E-state index contributed by atoms with van der Waals surface area (Å²) < 4.78 is 0. The Labute approximate surface area is 223 Å². The quantitative estimate of drug-likeness (QED) is 0.171.